The van der Waals surface area contributed by atoms with Gasteiger partial charge >= 0.3 is 5.97 Å². The summed E-state index contributed by atoms with van der Waals surface area (Å²) in [7, 11) is 1.12. The molecule has 23 heavy (non-hydrogen) atoms. The third-order valence-corrected chi connectivity index (χ3v) is 2.82. The van der Waals surface area contributed by atoms with E-state index in [1.54, 1.807) is 0 Å². The summed E-state index contributed by atoms with van der Waals surface area (Å²) in [6.07, 6.45) is 0.516. The molecule has 0 saturated carbocycles. The predicted octanol–water partition coefficient (Wildman–Crippen LogP) is 1.86. The molecule has 120 valence electrons. The van der Waals surface area contributed by atoms with Gasteiger partial charge in [-0.2, -0.15) is 5.10 Å². The number of carbonyl (C=O) groups is 2. The van der Waals surface area contributed by atoms with Gasteiger partial charge in [0.25, 0.3) is 0 Å². The van der Waals surface area contributed by atoms with Gasteiger partial charge in [-0.3, -0.25) is 4.79 Å². The van der Waals surface area contributed by atoms with Crippen LogP contribution in [0.4, 0.5) is 18.9 Å². The van der Waals surface area contributed by atoms with Crippen LogP contribution in [0.3, 0.4) is 0 Å². The molecule has 1 amide bonds. The van der Waals surface area contributed by atoms with E-state index in [9.17, 15) is 22.8 Å². The van der Waals surface area contributed by atoms with Gasteiger partial charge in [0.05, 0.1) is 25.4 Å². The van der Waals surface area contributed by atoms with Crippen molar-refractivity contribution < 1.29 is 27.5 Å². The van der Waals surface area contributed by atoms with Crippen LogP contribution in [0.2, 0.25) is 0 Å². The third kappa shape index (κ3) is 3.82. The summed E-state index contributed by atoms with van der Waals surface area (Å²) in [5, 5.41) is 9.27. The van der Waals surface area contributed by atoms with E-state index in [0.29, 0.717) is 12.1 Å². The van der Waals surface area contributed by atoms with Crippen LogP contribution in [0, 0.1) is 17.5 Å². The first-order valence-corrected chi connectivity index (χ1v) is 6.25. The molecule has 1 N–H and O–H groups in total. The van der Waals surface area contributed by atoms with Gasteiger partial charge in [-0.1, -0.05) is 0 Å². The van der Waals surface area contributed by atoms with Crippen LogP contribution in [0.25, 0.3) is 0 Å². The highest BCUT2D eigenvalue weighted by Crippen LogP contribution is 2.17. The van der Waals surface area contributed by atoms with Gasteiger partial charge in [0.15, 0.2) is 5.69 Å². The molecule has 0 bridgehead atoms. The Labute approximate surface area is 128 Å². The van der Waals surface area contributed by atoms with Crippen molar-refractivity contribution in [2.45, 2.75) is 6.42 Å². The van der Waals surface area contributed by atoms with Crippen LogP contribution < -0.4 is 5.32 Å². The Kier molecular flexibility index (Phi) is 4.89. The maximum absolute atomic E-state index is 13.5. The number of aromatic nitrogens is 2. The number of hydrogen-bond acceptors (Lipinski definition) is 5. The van der Waals surface area contributed by atoms with Crippen LogP contribution in [-0.2, 0) is 16.0 Å². The Balaban J connectivity index is 2.20. The molecular weight excluding hydrogens is 315 g/mol. The molecule has 0 unspecified atom stereocenters. The van der Waals surface area contributed by atoms with E-state index in [-0.39, 0.29) is 11.4 Å². The van der Waals surface area contributed by atoms with E-state index in [4.69, 9.17) is 0 Å². The second-order valence-electron chi connectivity index (χ2n) is 4.36. The summed E-state index contributed by atoms with van der Waals surface area (Å²) in [6.45, 7) is 0. The highest BCUT2D eigenvalue weighted by Gasteiger charge is 2.19. The predicted molar refractivity (Wildman–Crippen MR) is 72.0 cm³/mol. The summed E-state index contributed by atoms with van der Waals surface area (Å²) >= 11 is 0. The number of nitrogens with zero attached hydrogens (tertiary/aromatic N) is 2. The first-order valence-electron chi connectivity index (χ1n) is 6.25. The van der Waals surface area contributed by atoms with E-state index in [0.717, 1.165) is 7.11 Å². The lowest BCUT2D eigenvalue weighted by Gasteiger charge is -2.09. The summed E-state index contributed by atoms with van der Waals surface area (Å²) < 4.78 is 44.3. The molecule has 0 fully saturated rings. The molecule has 0 aliphatic heterocycles. The molecular formula is C14H10F3N3O3. The number of benzene rings is 1. The molecule has 1 heterocycles. The SMILES string of the molecule is COC(=O)c1nnccc1NC(=O)Cc1c(F)cc(F)cc1F. The zero-order valence-corrected chi connectivity index (χ0v) is 11.8. The van der Waals surface area contributed by atoms with E-state index in [2.05, 4.69) is 20.3 Å². The van der Waals surface area contributed by atoms with Crippen molar-refractivity contribution in [3.05, 3.63) is 53.1 Å². The molecule has 0 saturated heterocycles. The number of halogens is 3. The van der Waals surface area contributed by atoms with Crippen molar-refractivity contribution in [2.24, 2.45) is 0 Å². The van der Waals surface area contributed by atoms with E-state index >= 15 is 0 Å². The minimum absolute atomic E-state index is 0.0280. The van der Waals surface area contributed by atoms with Crippen molar-refractivity contribution >= 4 is 17.6 Å². The Morgan fingerprint density at radius 2 is 1.87 bits per heavy atom. The lowest BCUT2D eigenvalue weighted by molar-refractivity contribution is -0.115. The molecule has 9 heteroatoms. The van der Waals surface area contributed by atoms with E-state index < -0.39 is 41.3 Å². The average molecular weight is 325 g/mol. The maximum atomic E-state index is 13.5. The molecule has 0 aliphatic carbocycles. The smallest absolute Gasteiger partial charge is 0.360 e. The van der Waals surface area contributed by atoms with Gasteiger partial charge in [-0.25, -0.2) is 18.0 Å². The standard InChI is InChI=1S/C14H10F3N3O3/c1-23-14(22)13-11(2-3-18-20-13)19-12(21)6-8-9(16)4-7(15)5-10(8)17/h2-5H,6H2,1H3,(H,18,19,21). The minimum Gasteiger partial charge on any atom is -0.464 e. The normalized spacial score (nSPS) is 10.3. The summed E-state index contributed by atoms with van der Waals surface area (Å²) in [5.41, 5.74) is -0.881. The van der Waals surface area contributed by atoms with Crippen LogP contribution in [0.5, 0.6) is 0 Å². The van der Waals surface area contributed by atoms with Crippen LogP contribution in [0.15, 0.2) is 24.4 Å². The zero-order valence-electron chi connectivity index (χ0n) is 11.8. The molecule has 1 aromatic heterocycles. The Morgan fingerprint density at radius 1 is 1.22 bits per heavy atom. The molecule has 0 aliphatic rings. The number of esters is 1. The highest BCUT2D eigenvalue weighted by molar-refractivity contribution is 6.00. The fraction of sp³-hybridized carbons (Fsp3) is 0.143. The number of anilines is 1. The van der Waals surface area contributed by atoms with Crippen molar-refractivity contribution in [1.29, 1.82) is 0 Å². The number of hydrogen-bond donors (Lipinski definition) is 1. The first kappa shape index (κ1) is 16.4. The number of amides is 1. The molecule has 0 atom stereocenters. The van der Waals surface area contributed by atoms with Crippen molar-refractivity contribution in [3.8, 4) is 0 Å². The minimum atomic E-state index is -1.18. The van der Waals surface area contributed by atoms with Crippen LogP contribution in [-0.4, -0.2) is 29.2 Å². The first-order chi connectivity index (χ1) is 10.9. The molecule has 2 aromatic rings. The summed E-state index contributed by atoms with van der Waals surface area (Å²) in [5.74, 6) is -5.12. The van der Waals surface area contributed by atoms with Crippen molar-refractivity contribution in [1.82, 2.24) is 10.2 Å². The van der Waals surface area contributed by atoms with Gasteiger partial charge < -0.3 is 10.1 Å². The maximum Gasteiger partial charge on any atom is 0.360 e. The molecule has 6 nitrogen and oxygen atoms in total. The highest BCUT2D eigenvalue weighted by atomic mass is 19.1. The van der Waals surface area contributed by atoms with Gasteiger partial charge in [-0.05, 0) is 6.07 Å². The number of carbonyl (C=O) groups excluding carboxylic acids is 2. The summed E-state index contributed by atoms with van der Waals surface area (Å²) in [4.78, 5) is 23.4. The van der Waals surface area contributed by atoms with Crippen LogP contribution in [0.1, 0.15) is 16.1 Å². The van der Waals surface area contributed by atoms with Gasteiger partial charge in [-0.15, -0.1) is 5.10 Å². The van der Waals surface area contributed by atoms with Gasteiger partial charge in [0.2, 0.25) is 5.91 Å². The van der Waals surface area contributed by atoms with Crippen LogP contribution >= 0.6 is 0 Å². The molecule has 1 aromatic carbocycles. The third-order valence-electron chi connectivity index (χ3n) is 2.82. The number of ether oxygens (including phenoxy) is 1. The Bertz CT molecular complexity index is 745. The molecule has 2 rings (SSSR count). The van der Waals surface area contributed by atoms with E-state index in [1.807, 2.05) is 0 Å². The Hall–Kier alpha value is -2.97. The summed E-state index contributed by atoms with van der Waals surface area (Å²) in [6, 6.07) is 2.22. The number of methoxy groups -OCH3 is 1. The average Bonchev–Trinajstić information content (AvgIpc) is 2.50. The largest absolute Gasteiger partial charge is 0.464 e. The zero-order chi connectivity index (χ0) is 17.0. The van der Waals surface area contributed by atoms with E-state index in [1.165, 1.54) is 12.3 Å². The lowest BCUT2D eigenvalue weighted by Crippen LogP contribution is -2.19. The second kappa shape index (κ2) is 6.86. The topological polar surface area (TPSA) is 81.2 Å². The number of nitrogens with one attached hydrogen (secondary N) is 1. The monoisotopic (exact) mass is 325 g/mol. The molecule has 0 spiro atoms. The van der Waals surface area contributed by atoms with Crippen molar-refractivity contribution in [3.63, 3.8) is 0 Å². The number of rotatable bonds is 4. The fourth-order valence-electron chi connectivity index (χ4n) is 1.78. The van der Waals surface area contributed by atoms with Gasteiger partial charge in [0.1, 0.15) is 17.5 Å². The van der Waals surface area contributed by atoms with Crippen molar-refractivity contribution in [2.75, 3.05) is 12.4 Å². The molecule has 0 radical (unpaired) electrons. The lowest BCUT2D eigenvalue weighted by atomic mass is 10.1. The second-order valence-corrected chi connectivity index (χ2v) is 4.36. The fourth-order valence-corrected chi connectivity index (χ4v) is 1.78. The van der Waals surface area contributed by atoms with Gasteiger partial charge in [0, 0.05) is 17.7 Å². The Morgan fingerprint density at radius 3 is 2.48 bits per heavy atom. The quantitative estimate of drug-likeness (QED) is 0.868.